The highest BCUT2D eigenvalue weighted by atomic mass is 32.1. The molecule has 118 valence electrons. The lowest BCUT2D eigenvalue weighted by atomic mass is 9.95. The molecule has 1 aliphatic rings. The molecule has 1 unspecified atom stereocenters. The molecule has 0 saturated carbocycles. The van der Waals surface area contributed by atoms with Gasteiger partial charge in [-0.25, -0.2) is 0 Å². The molecule has 0 bridgehead atoms. The summed E-state index contributed by atoms with van der Waals surface area (Å²) in [5, 5.41) is 4.03. The molecule has 1 aromatic heterocycles. The topological polar surface area (TPSA) is 41.6 Å². The molecular weight excluding hydrogens is 296 g/mol. The first-order chi connectivity index (χ1) is 10.7. The zero-order valence-corrected chi connectivity index (χ0v) is 13.9. The molecule has 22 heavy (non-hydrogen) atoms. The van der Waals surface area contributed by atoms with Gasteiger partial charge in [-0.2, -0.15) is 0 Å². The second-order valence-electron chi connectivity index (χ2n) is 5.70. The largest absolute Gasteiger partial charge is 0.383 e. The lowest BCUT2D eigenvalue weighted by Crippen LogP contribution is -2.25. The van der Waals surface area contributed by atoms with Gasteiger partial charge in [0.05, 0.1) is 11.5 Å². The average Bonchev–Trinajstić information content (AvgIpc) is 3.15. The normalized spacial score (nSPS) is 18.9. The van der Waals surface area contributed by atoms with Gasteiger partial charge in [-0.3, -0.25) is 4.79 Å². The number of amides is 1. The molecule has 5 heteroatoms. The maximum atomic E-state index is 12.3. The number of carbonyl (C=O) groups excluding carboxylic acids is 1. The minimum Gasteiger partial charge on any atom is -0.383 e. The molecular formula is C17H22N2O2S. The Morgan fingerprint density at radius 1 is 1.45 bits per heavy atom. The van der Waals surface area contributed by atoms with Gasteiger partial charge in [0.15, 0.2) is 0 Å². The van der Waals surface area contributed by atoms with Crippen LogP contribution in [0.25, 0.3) is 10.1 Å². The van der Waals surface area contributed by atoms with Gasteiger partial charge < -0.3 is 15.0 Å². The van der Waals surface area contributed by atoms with Gasteiger partial charge in [-0.15, -0.1) is 11.3 Å². The fourth-order valence-corrected chi connectivity index (χ4v) is 4.48. The summed E-state index contributed by atoms with van der Waals surface area (Å²) >= 11 is 1.61. The van der Waals surface area contributed by atoms with Gasteiger partial charge in [0.2, 0.25) is 0 Å². The Hall–Kier alpha value is -1.43. The molecule has 2 aromatic rings. The number of nitrogens with one attached hydrogen (secondary N) is 1. The van der Waals surface area contributed by atoms with Crippen molar-refractivity contribution in [1.82, 2.24) is 10.2 Å². The Labute approximate surface area is 135 Å². The fourth-order valence-electron chi connectivity index (χ4n) is 3.24. The van der Waals surface area contributed by atoms with Crippen molar-refractivity contribution >= 4 is 27.3 Å². The Morgan fingerprint density at radius 2 is 2.27 bits per heavy atom. The summed E-state index contributed by atoms with van der Waals surface area (Å²) in [7, 11) is 3.44. The van der Waals surface area contributed by atoms with Gasteiger partial charge in [-0.05, 0) is 30.0 Å². The summed E-state index contributed by atoms with van der Waals surface area (Å²) in [4.78, 5) is 15.6. The highest BCUT2D eigenvalue weighted by Crippen LogP contribution is 2.39. The molecule has 0 radical (unpaired) electrons. The first-order valence-electron chi connectivity index (χ1n) is 7.69. The van der Waals surface area contributed by atoms with Crippen LogP contribution in [0, 0.1) is 0 Å². The van der Waals surface area contributed by atoms with E-state index in [0.29, 0.717) is 5.92 Å². The number of rotatable bonds is 5. The third-order valence-electron chi connectivity index (χ3n) is 4.36. The number of hydrogen-bond donors (Lipinski definition) is 1. The second-order valence-corrected chi connectivity index (χ2v) is 6.75. The number of nitrogens with zero attached hydrogens (tertiary/aromatic N) is 1. The van der Waals surface area contributed by atoms with Crippen LogP contribution in [-0.4, -0.2) is 51.2 Å². The summed E-state index contributed by atoms with van der Waals surface area (Å²) in [5.41, 5.74) is 1.24. The van der Waals surface area contributed by atoms with Crippen molar-refractivity contribution in [2.45, 2.75) is 12.3 Å². The Kier molecular flexibility index (Phi) is 4.76. The summed E-state index contributed by atoms with van der Waals surface area (Å²) in [6.07, 6.45) is 1.11. The van der Waals surface area contributed by atoms with Crippen LogP contribution < -0.4 is 5.32 Å². The number of ether oxygens (including phenoxy) is 1. The van der Waals surface area contributed by atoms with Crippen LogP contribution in [-0.2, 0) is 4.74 Å². The zero-order chi connectivity index (χ0) is 15.5. The monoisotopic (exact) mass is 318 g/mol. The lowest BCUT2D eigenvalue weighted by Gasteiger charge is -2.16. The molecule has 1 N–H and O–H groups in total. The van der Waals surface area contributed by atoms with Crippen molar-refractivity contribution in [2.24, 2.45) is 0 Å². The van der Waals surface area contributed by atoms with E-state index in [-0.39, 0.29) is 5.91 Å². The predicted octanol–water partition coefficient (Wildman–Crippen LogP) is 2.70. The van der Waals surface area contributed by atoms with Crippen LogP contribution in [0.5, 0.6) is 0 Å². The van der Waals surface area contributed by atoms with E-state index < -0.39 is 0 Å². The van der Waals surface area contributed by atoms with Crippen molar-refractivity contribution in [1.29, 1.82) is 0 Å². The summed E-state index contributed by atoms with van der Waals surface area (Å²) in [6, 6.07) is 8.35. The molecule has 1 amide bonds. The van der Waals surface area contributed by atoms with Crippen molar-refractivity contribution < 1.29 is 9.53 Å². The van der Waals surface area contributed by atoms with Gasteiger partial charge in [-0.1, -0.05) is 18.2 Å². The number of methoxy groups -OCH3 is 1. The van der Waals surface area contributed by atoms with Gasteiger partial charge >= 0.3 is 0 Å². The Morgan fingerprint density at radius 3 is 3.05 bits per heavy atom. The first-order valence-corrected chi connectivity index (χ1v) is 8.51. The van der Waals surface area contributed by atoms with Crippen molar-refractivity contribution in [2.75, 3.05) is 40.4 Å². The van der Waals surface area contributed by atoms with Crippen molar-refractivity contribution in [3.63, 3.8) is 0 Å². The predicted molar refractivity (Wildman–Crippen MR) is 90.9 cm³/mol. The van der Waals surface area contributed by atoms with Crippen LogP contribution in [0.2, 0.25) is 0 Å². The number of fused-ring (bicyclic) bond motifs is 1. The molecule has 1 fully saturated rings. The van der Waals surface area contributed by atoms with Gasteiger partial charge in [0, 0.05) is 37.9 Å². The van der Waals surface area contributed by atoms with Crippen LogP contribution >= 0.6 is 11.3 Å². The van der Waals surface area contributed by atoms with Crippen LogP contribution in [0.3, 0.4) is 0 Å². The van der Waals surface area contributed by atoms with Crippen molar-refractivity contribution in [3.8, 4) is 0 Å². The highest BCUT2D eigenvalue weighted by molar-refractivity contribution is 7.21. The number of hydrogen-bond acceptors (Lipinski definition) is 4. The number of carbonyl (C=O) groups is 1. The fraction of sp³-hybridized carbons (Fsp3) is 0.471. The van der Waals surface area contributed by atoms with Gasteiger partial charge in [0.25, 0.3) is 5.91 Å². The summed E-state index contributed by atoms with van der Waals surface area (Å²) in [6.45, 7) is 3.81. The van der Waals surface area contributed by atoms with Crippen molar-refractivity contribution in [3.05, 3.63) is 34.7 Å². The van der Waals surface area contributed by atoms with E-state index in [0.717, 1.165) is 37.5 Å². The molecule has 3 rings (SSSR count). The maximum absolute atomic E-state index is 12.3. The number of thiophene rings is 1. The average molecular weight is 318 g/mol. The number of benzene rings is 1. The van der Waals surface area contributed by atoms with E-state index in [1.165, 1.54) is 15.6 Å². The number of likely N-dealkylation sites (tertiary alicyclic amines) is 1. The quantitative estimate of drug-likeness (QED) is 0.921. The van der Waals surface area contributed by atoms with Crippen LogP contribution in [0.15, 0.2) is 24.3 Å². The maximum Gasteiger partial charge on any atom is 0.261 e. The third kappa shape index (κ3) is 2.89. The van der Waals surface area contributed by atoms with E-state index in [9.17, 15) is 4.79 Å². The minimum absolute atomic E-state index is 0.0338. The summed E-state index contributed by atoms with van der Waals surface area (Å²) in [5.74, 6) is 0.465. The van der Waals surface area contributed by atoms with Crippen LogP contribution in [0.4, 0.5) is 0 Å². The molecule has 2 heterocycles. The van der Waals surface area contributed by atoms with E-state index >= 15 is 0 Å². The first kappa shape index (κ1) is 15.5. The molecule has 1 atom stereocenters. The molecule has 0 spiro atoms. The third-order valence-corrected chi connectivity index (χ3v) is 5.54. The molecule has 0 aliphatic carbocycles. The van der Waals surface area contributed by atoms with E-state index in [2.05, 4.69) is 28.4 Å². The lowest BCUT2D eigenvalue weighted by molar-refractivity contribution is 0.0966. The Bertz CT molecular complexity index is 668. The smallest absolute Gasteiger partial charge is 0.261 e. The molecule has 1 aliphatic heterocycles. The highest BCUT2D eigenvalue weighted by Gasteiger charge is 2.30. The van der Waals surface area contributed by atoms with E-state index in [1.54, 1.807) is 25.5 Å². The van der Waals surface area contributed by atoms with E-state index in [4.69, 9.17) is 4.74 Å². The zero-order valence-electron chi connectivity index (χ0n) is 13.1. The minimum atomic E-state index is 0.0338. The van der Waals surface area contributed by atoms with Crippen LogP contribution in [0.1, 0.15) is 27.6 Å². The standard InChI is InChI=1S/C17H22N2O2S/c1-18-17(20)16-15(13-5-3-4-6-14(13)22-16)12-7-8-19(11-12)9-10-21-2/h3-6,12H,7-11H2,1-2H3,(H,18,20). The second kappa shape index (κ2) is 6.77. The van der Waals surface area contributed by atoms with E-state index in [1.807, 2.05) is 6.07 Å². The summed E-state index contributed by atoms with van der Waals surface area (Å²) < 4.78 is 6.38. The molecule has 1 saturated heterocycles. The SMILES string of the molecule is CNC(=O)c1sc2ccccc2c1C1CCN(CCOC)C1. The Balaban J connectivity index is 1.93. The molecule has 4 nitrogen and oxygen atoms in total. The molecule has 1 aromatic carbocycles. The van der Waals surface area contributed by atoms with Gasteiger partial charge in [0.1, 0.15) is 0 Å².